The molecule has 98 valence electrons. The van der Waals surface area contributed by atoms with Gasteiger partial charge in [0, 0.05) is 11.6 Å². The molecule has 2 N–H and O–H groups in total. The summed E-state index contributed by atoms with van der Waals surface area (Å²) in [6.07, 6.45) is 0. The molecule has 0 aliphatic carbocycles. The summed E-state index contributed by atoms with van der Waals surface area (Å²) in [7, 11) is 0. The third kappa shape index (κ3) is 2.67. The molecule has 1 heterocycles. The van der Waals surface area contributed by atoms with Crippen LogP contribution in [-0.2, 0) is 4.79 Å². The number of carbonyl (C=O) groups excluding carboxylic acids is 1. The van der Waals surface area contributed by atoms with Crippen LogP contribution in [0.25, 0.3) is 11.3 Å². The van der Waals surface area contributed by atoms with Gasteiger partial charge in [0.25, 0.3) is 5.56 Å². The van der Waals surface area contributed by atoms with Gasteiger partial charge < -0.3 is 5.73 Å². The Kier molecular flexibility index (Phi) is 3.41. The molecular weight excluding hydrogens is 249 g/mol. The second-order valence-electron chi connectivity index (χ2n) is 4.09. The van der Waals surface area contributed by atoms with E-state index < -0.39 is 17.5 Å². The van der Waals surface area contributed by atoms with Gasteiger partial charge >= 0.3 is 0 Å². The topological polar surface area (TPSA) is 78.0 Å². The summed E-state index contributed by atoms with van der Waals surface area (Å²) in [5, 5.41) is 4.07. The number of primary amides is 1. The molecule has 1 atom stereocenters. The zero-order chi connectivity index (χ0) is 14.0. The van der Waals surface area contributed by atoms with Gasteiger partial charge in [-0.2, -0.15) is 5.10 Å². The molecule has 1 amide bonds. The first-order chi connectivity index (χ1) is 8.99. The van der Waals surface area contributed by atoms with E-state index in [-0.39, 0.29) is 5.82 Å². The number of rotatable bonds is 3. The molecule has 0 aliphatic heterocycles. The van der Waals surface area contributed by atoms with Crippen LogP contribution < -0.4 is 11.3 Å². The van der Waals surface area contributed by atoms with Crippen molar-refractivity contribution in [2.75, 3.05) is 0 Å². The lowest BCUT2D eigenvalue weighted by Crippen LogP contribution is -2.33. The van der Waals surface area contributed by atoms with Crippen molar-refractivity contribution in [1.29, 1.82) is 0 Å². The van der Waals surface area contributed by atoms with Crippen LogP contribution in [0.5, 0.6) is 0 Å². The van der Waals surface area contributed by atoms with Crippen LogP contribution >= 0.6 is 0 Å². The lowest BCUT2D eigenvalue weighted by molar-refractivity contribution is -0.121. The Balaban J connectivity index is 2.49. The van der Waals surface area contributed by atoms with E-state index >= 15 is 0 Å². The number of hydrogen-bond donors (Lipinski definition) is 1. The molecule has 0 bridgehead atoms. The van der Waals surface area contributed by atoms with Gasteiger partial charge in [0.05, 0.1) is 5.69 Å². The molecule has 0 spiro atoms. The van der Waals surface area contributed by atoms with Crippen LogP contribution in [0.1, 0.15) is 13.0 Å². The molecule has 2 aromatic rings. The van der Waals surface area contributed by atoms with Crippen molar-refractivity contribution < 1.29 is 9.18 Å². The average molecular weight is 261 g/mol. The van der Waals surface area contributed by atoms with Crippen molar-refractivity contribution in [3.05, 3.63) is 52.6 Å². The second kappa shape index (κ2) is 5.01. The fourth-order valence-electron chi connectivity index (χ4n) is 1.60. The van der Waals surface area contributed by atoms with Crippen molar-refractivity contribution in [3.8, 4) is 11.3 Å². The quantitative estimate of drug-likeness (QED) is 0.898. The molecule has 1 aromatic heterocycles. The summed E-state index contributed by atoms with van der Waals surface area (Å²) in [6.45, 7) is 1.49. The number of hydrogen-bond acceptors (Lipinski definition) is 3. The first-order valence-electron chi connectivity index (χ1n) is 5.64. The van der Waals surface area contributed by atoms with Crippen LogP contribution in [0.15, 0.2) is 41.2 Å². The van der Waals surface area contributed by atoms with Gasteiger partial charge in [-0.3, -0.25) is 9.59 Å². The molecule has 19 heavy (non-hydrogen) atoms. The minimum atomic E-state index is -0.840. The third-order valence-electron chi connectivity index (χ3n) is 2.74. The SMILES string of the molecule is CC(C(N)=O)n1nc(-c2ccc(F)cc2)ccc1=O. The average Bonchev–Trinajstić information content (AvgIpc) is 2.39. The lowest BCUT2D eigenvalue weighted by atomic mass is 10.1. The summed E-state index contributed by atoms with van der Waals surface area (Å²) in [5.41, 5.74) is 5.85. The van der Waals surface area contributed by atoms with Crippen molar-refractivity contribution >= 4 is 5.91 Å². The Labute approximate surface area is 108 Å². The highest BCUT2D eigenvalue weighted by atomic mass is 19.1. The minimum Gasteiger partial charge on any atom is -0.368 e. The molecule has 1 aromatic carbocycles. The first-order valence-corrected chi connectivity index (χ1v) is 5.64. The molecule has 6 heteroatoms. The van der Waals surface area contributed by atoms with E-state index in [1.165, 1.54) is 31.2 Å². The van der Waals surface area contributed by atoms with Gasteiger partial charge in [-0.1, -0.05) is 0 Å². The van der Waals surface area contributed by atoms with Gasteiger partial charge in [-0.05, 0) is 37.3 Å². The number of benzene rings is 1. The van der Waals surface area contributed by atoms with Crippen LogP contribution in [-0.4, -0.2) is 15.7 Å². The van der Waals surface area contributed by atoms with Crippen molar-refractivity contribution in [3.63, 3.8) is 0 Å². The molecular formula is C13H12FN3O2. The van der Waals surface area contributed by atoms with Crippen LogP contribution in [0.2, 0.25) is 0 Å². The van der Waals surface area contributed by atoms with E-state index in [1.54, 1.807) is 12.1 Å². The largest absolute Gasteiger partial charge is 0.368 e. The number of amides is 1. The Morgan fingerprint density at radius 3 is 2.47 bits per heavy atom. The van der Waals surface area contributed by atoms with Crippen molar-refractivity contribution in [1.82, 2.24) is 9.78 Å². The van der Waals surface area contributed by atoms with Gasteiger partial charge in [0.2, 0.25) is 5.91 Å². The van der Waals surface area contributed by atoms with E-state index in [9.17, 15) is 14.0 Å². The zero-order valence-corrected chi connectivity index (χ0v) is 10.2. The fourth-order valence-corrected chi connectivity index (χ4v) is 1.60. The van der Waals surface area contributed by atoms with Crippen molar-refractivity contribution in [2.45, 2.75) is 13.0 Å². The summed E-state index contributed by atoms with van der Waals surface area (Å²) in [6, 6.07) is 7.65. The maximum atomic E-state index is 12.8. The number of halogens is 1. The van der Waals surface area contributed by atoms with E-state index in [1.807, 2.05) is 0 Å². The number of nitrogens with two attached hydrogens (primary N) is 1. The van der Waals surface area contributed by atoms with E-state index in [0.29, 0.717) is 11.3 Å². The predicted octanol–water partition coefficient (Wildman–Crippen LogP) is 1.10. The Bertz CT molecular complexity index is 664. The first kappa shape index (κ1) is 12.9. The molecule has 0 radical (unpaired) electrons. The maximum Gasteiger partial charge on any atom is 0.267 e. The van der Waals surface area contributed by atoms with Crippen LogP contribution in [0.4, 0.5) is 4.39 Å². The Hall–Kier alpha value is -2.50. The van der Waals surface area contributed by atoms with E-state index in [0.717, 1.165) is 4.68 Å². The standard InChI is InChI=1S/C13H12FN3O2/c1-8(13(15)19)17-12(18)7-6-11(16-17)9-2-4-10(14)5-3-9/h2-8H,1H3,(H2,15,19). The lowest BCUT2D eigenvalue weighted by Gasteiger charge is -2.11. The summed E-state index contributed by atoms with van der Waals surface area (Å²) >= 11 is 0. The normalized spacial score (nSPS) is 12.1. The smallest absolute Gasteiger partial charge is 0.267 e. The highest BCUT2D eigenvalue weighted by Crippen LogP contribution is 2.16. The molecule has 1 unspecified atom stereocenters. The molecule has 0 aliphatic rings. The van der Waals surface area contributed by atoms with E-state index in [4.69, 9.17) is 5.73 Å². The minimum absolute atomic E-state index is 0.359. The molecule has 0 saturated heterocycles. The summed E-state index contributed by atoms with van der Waals surface area (Å²) in [5.74, 6) is -1.01. The third-order valence-corrected chi connectivity index (χ3v) is 2.74. The highest BCUT2D eigenvalue weighted by molar-refractivity contribution is 5.77. The molecule has 0 fully saturated rings. The summed E-state index contributed by atoms with van der Waals surface area (Å²) < 4.78 is 13.9. The Morgan fingerprint density at radius 1 is 1.26 bits per heavy atom. The fraction of sp³-hybridized carbons (Fsp3) is 0.154. The van der Waals surface area contributed by atoms with Gasteiger partial charge in [0.15, 0.2) is 0 Å². The van der Waals surface area contributed by atoms with Crippen LogP contribution in [0.3, 0.4) is 0 Å². The maximum absolute atomic E-state index is 12.8. The monoisotopic (exact) mass is 261 g/mol. The van der Waals surface area contributed by atoms with E-state index in [2.05, 4.69) is 5.10 Å². The second-order valence-corrected chi connectivity index (χ2v) is 4.09. The summed E-state index contributed by atoms with van der Waals surface area (Å²) in [4.78, 5) is 22.8. The van der Waals surface area contributed by atoms with Gasteiger partial charge in [-0.15, -0.1) is 0 Å². The predicted molar refractivity (Wildman–Crippen MR) is 67.8 cm³/mol. The molecule has 0 saturated carbocycles. The Morgan fingerprint density at radius 2 is 1.89 bits per heavy atom. The molecule has 5 nitrogen and oxygen atoms in total. The van der Waals surface area contributed by atoms with Gasteiger partial charge in [0.1, 0.15) is 11.9 Å². The number of aromatic nitrogens is 2. The van der Waals surface area contributed by atoms with Gasteiger partial charge in [-0.25, -0.2) is 9.07 Å². The molecule has 2 rings (SSSR count). The number of nitrogens with zero attached hydrogens (tertiary/aromatic N) is 2. The van der Waals surface area contributed by atoms with Crippen molar-refractivity contribution in [2.24, 2.45) is 5.73 Å². The number of carbonyl (C=O) groups is 1. The van der Waals surface area contributed by atoms with Crippen LogP contribution in [0, 0.1) is 5.82 Å². The highest BCUT2D eigenvalue weighted by Gasteiger charge is 2.14. The zero-order valence-electron chi connectivity index (χ0n) is 10.2.